The number of aromatic nitrogens is 1. The lowest BCUT2D eigenvalue weighted by molar-refractivity contribution is 0.0895. The zero-order valence-corrected chi connectivity index (χ0v) is 15.4. The van der Waals surface area contributed by atoms with Gasteiger partial charge in [-0.25, -0.2) is 9.78 Å². The smallest absolute Gasteiger partial charge is 0.407 e. The molecule has 6 heteroatoms. The zero-order chi connectivity index (χ0) is 18.8. The molecule has 1 amide bonds. The van der Waals surface area contributed by atoms with E-state index < -0.39 is 6.09 Å². The lowest BCUT2D eigenvalue weighted by atomic mass is 10.0. The van der Waals surface area contributed by atoms with Crippen molar-refractivity contribution >= 4 is 28.5 Å². The summed E-state index contributed by atoms with van der Waals surface area (Å²) < 4.78 is 6.01. The molecule has 3 aromatic rings. The summed E-state index contributed by atoms with van der Waals surface area (Å²) in [4.78, 5) is 16.5. The van der Waals surface area contributed by atoms with E-state index in [0.29, 0.717) is 31.1 Å². The fourth-order valence-electron chi connectivity index (χ4n) is 3.38. The van der Waals surface area contributed by atoms with E-state index in [4.69, 9.17) is 21.4 Å². The second kappa shape index (κ2) is 7.45. The van der Waals surface area contributed by atoms with Crippen molar-refractivity contribution in [3.8, 4) is 16.9 Å². The Morgan fingerprint density at radius 1 is 1.04 bits per heavy atom. The second-order valence-corrected chi connectivity index (χ2v) is 7.07. The molecular formula is C21H19ClN2O3. The minimum atomic E-state index is -0.856. The van der Waals surface area contributed by atoms with E-state index in [2.05, 4.69) is 17.1 Å². The minimum absolute atomic E-state index is 0.0572. The highest BCUT2D eigenvalue weighted by atomic mass is 35.5. The number of halogens is 1. The molecule has 0 bridgehead atoms. The lowest BCUT2D eigenvalue weighted by Crippen LogP contribution is -2.41. The number of amides is 1. The van der Waals surface area contributed by atoms with Gasteiger partial charge < -0.3 is 14.7 Å². The van der Waals surface area contributed by atoms with Crippen molar-refractivity contribution in [2.75, 3.05) is 13.1 Å². The number of fused-ring (bicyclic) bond motifs is 1. The SMILES string of the molecule is O=C(O)N1CCC(Oc2ccc(-c3ccc4cnc(Cl)cc4c3)cc2)CC1. The highest BCUT2D eigenvalue weighted by molar-refractivity contribution is 6.30. The van der Waals surface area contributed by atoms with Crippen molar-refractivity contribution in [2.24, 2.45) is 0 Å². The zero-order valence-electron chi connectivity index (χ0n) is 14.6. The largest absolute Gasteiger partial charge is 0.490 e. The molecule has 0 aliphatic carbocycles. The van der Waals surface area contributed by atoms with Gasteiger partial charge in [0.05, 0.1) is 0 Å². The Kier molecular flexibility index (Phi) is 4.86. The van der Waals surface area contributed by atoms with Crippen LogP contribution in [0.5, 0.6) is 5.75 Å². The molecule has 138 valence electrons. The summed E-state index contributed by atoms with van der Waals surface area (Å²) in [6.45, 7) is 1.04. The van der Waals surface area contributed by atoms with Crippen LogP contribution in [0.2, 0.25) is 5.15 Å². The first-order valence-electron chi connectivity index (χ1n) is 8.89. The van der Waals surface area contributed by atoms with Gasteiger partial charge in [-0.1, -0.05) is 35.9 Å². The van der Waals surface area contributed by atoms with E-state index >= 15 is 0 Å². The molecule has 0 atom stereocenters. The van der Waals surface area contributed by atoms with Crippen LogP contribution in [-0.2, 0) is 0 Å². The monoisotopic (exact) mass is 382 g/mol. The molecule has 1 N–H and O–H groups in total. The fraction of sp³-hybridized carbons (Fsp3) is 0.238. The normalized spacial score (nSPS) is 15.1. The van der Waals surface area contributed by atoms with E-state index in [1.807, 2.05) is 36.4 Å². The highest BCUT2D eigenvalue weighted by Crippen LogP contribution is 2.28. The van der Waals surface area contributed by atoms with Gasteiger partial charge in [0.1, 0.15) is 17.0 Å². The Bertz CT molecular complexity index is 967. The van der Waals surface area contributed by atoms with Crippen LogP contribution in [0.15, 0.2) is 54.7 Å². The van der Waals surface area contributed by atoms with Crippen molar-refractivity contribution in [2.45, 2.75) is 18.9 Å². The van der Waals surface area contributed by atoms with E-state index in [-0.39, 0.29) is 6.10 Å². The average Bonchev–Trinajstić information content (AvgIpc) is 2.68. The number of likely N-dealkylation sites (tertiary alicyclic amines) is 1. The molecule has 1 saturated heterocycles. The van der Waals surface area contributed by atoms with Crippen LogP contribution in [0.1, 0.15) is 12.8 Å². The van der Waals surface area contributed by atoms with E-state index in [9.17, 15) is 4.79 Å². The number of benzene rings is 2. The molecule has 2 heterocycles. The third-order valence-electron chi connectivity index (χ3n) is 4.89. The van der Waals surface area contributed by atoms with Gasteiger partial charge in [0, 0.05) is 37.5 Å². The van der Waals surface area contributed by atoms with Crippen LogP contribution in [0, 0.1) is 0 Å². The summed E-state index contributed by atoms with van der Waals surface area (Å²) in [6.07, 6.45) is 2.40. The summed E-state index contributed by atoms with van der Waals surface area (Å²) in [6, 6.07) is 16.0. The first kappa shape index (κ1) is 17.6. The van der Waals surface area contributed by atoms with E-state index in [1.54, 1.807) is 6.20 Å². The first-order valence-corrected chi connectivity index (χ1v) is 9.26. The number of carboxylic acid groups (broad SMARTS) is 1. The second-order valence-electron chi connectivity index (χ2n) is 6.68. The minimum Gasteiger partial charge on any atom is -0.490 e. The van der Waals surface area contributed by atoms with Crippen molar-refractivity contribution in [3.05, 3.63) is 59.9 Å². The summed E-state index contributed by atoms with van der Waals surface area (Å²) in [7, 11) is 0. The number of piperidine rings is 1. The first-order chi connectivity index (χ1) is 13.1. The van der Waals surface area contributed by atoms with Gasteiger partial charge in [-0.3, -0.25) is 0 Å². The van der Waals surface area contributed by atoms with Gasteiger partial charge in [0.15, 0.2) is 0 Å². The molecule has 1 aliphatic rings. The van der Waals surface area contributed by atoms with E-state index in [1.165, 1.54) is 4.90 Å². The third kappa shape index (κ3) is 3.98. The van der Waals surface area contributed by atoms with Crippen LogP contribution in [0.3, 0.4) is 0 Å². The van der Waals surface area contributed by atoms with Crippen LogP contribution >= 0.6 is 11.6 Å². The number of hydrogen-bond donors (Lipinski definition) is 1. The predicted molar refractivity (Wildman–Crippen MR) is 105 cm³/mol. The maximum Gasteiger partial charge on any atom is 0.407 e. The maximum atomic E-state index is 11.0. The molecular weight excluding hydrogens is 364 g/mol. The van der Waals surface area contributed by atoms with Gasteiger partial charge in [-0.2, -0.15) is 0 Å². The Hall–Kier alpha value is -2.79. The molecule has 0 radical (unpaired) electrons. The number of hydrogen-bond acceptors (Lipinski definition) is 3. The molecule has 2 aromatic carbocycles. The molecule has 4 rings (SSSR count). The lowest BCUT2D eigenvalue weighted by Gasteiger charge is -2.30. The highest BCUT2D eigenvalue weighted by Gasteiger charge is 2.23. The number of nitrogens with zero attached hydrogens (tertiary/aromatic N) is 2. The molecule has 0 unspecified atom stereocenters. The van der Waals surface area contributed by atoms with Crippen molar-refractivity contribution in [1.29, 1.82) is 0 Å². The maximum absolute atomic E-state index is 11.0. The van der Waals surface area contributed by atoms with Crippen LogP contribution in [0.4, 0.5) is 4.79 Å². The predicted octanol–water partition coefficient (Wildman–Crippen LogP) is 5.08. The summed E-state index contributed by atoms with van der Waals surface area (Å²) in [5, 5.41) is 11.6. The van der Waals surface area contributed by atoms with Crippen LogP contribution in [0.25, 0.3) is 21.9 Å². The molecule has 1 fully saturated rings. The van der Waals surface area contributed by atoms with Gasteiger partial charge in [-0.05, 0) is 40.8 Å². The third-order valence-corrected chi connectivity index (χ3v) is 5.10. The Labute approximate surface area is 162 Å². The van der Waals surface area contributed by atoms with Crippen molar-refractivity contribution in [1.82, 2.24) is 9.88 Å². The summed E-state index contributed by atoms with van der Waals surface area (Å²) in [5.74, 6) is 0.806. The van der Waals surface area contributed by atoms with Crippen LogP contribution in [-0.4, -0.2) is 40.3 Å². The average molecular weight is 383 g/mol. The molecule has 27 heavy (non-hydrogen) atoms. The number of rotatable bonds is 3. The Balaban J connectivity index is 1.45. The van der Waals surface area contributed by atoms with Crippen molar-refractivity contribution < 1.29 is 14.6 Å². The number of pyridine rings is 1. The summed E-state index contributed by atoms with van der Waals surface area (Å²) in [5.41, 5.74) is 2.20. The quantitative estimate of drug-likeness (QED) is 0.642. The number of ether oxygens (including phenoxy) is 1. The van der Waals surface area contributed by atoms with Gasteiger partial charge >= 0.3 is 6.09 Å². The molecule has 5 nitrogen and oxygen atoms in total. The number of carbonyl (C=O) groups is 1. The Morgan fingerprint density at radius 2 is 1.74 bits per heavy atom. The Morgan fingerprint density at radius 3 is 2.44 bits per heavy atom. The summed E-state index contributed by atoms with van der Waals surface area (Å²) >= 11 is 5.99. The van der Waals surface area contributed by atoms with Gasteiger partial charge in [-0.15, -0.1) is 0 Å². The van der Waals surface area contributed by atoms with Crippen LogP contribution < -0.4 is 4.74 Å². The molecule has 0 saturated carbocycles. The standard InChI is InChI=1S/C21H19ClN2O3/c22-20-12-17-11-15(1-2-16(17)13-23-20)14-3-5-18(6-4-14)27-19-7-9-24(10-8-19)21(25)26/h1-6,11-13,19H,7-10H2,(H,25,26). The fourth-order valence-corrected chi connectivity index (χ4v) is 3.54. The molecule has 1 aromatic heterocycles. The molecule has 1 aliphatic heterocycles. The topological polar surface area (TPSA) is 62.7 Å². The van der Waals surface area contributed by atoms with Gasteiger partial charge in [0.2, 0.25) is 0 Å². The molecule has 0 spiro atoms. The van der Waals surface area contributed by atoms with E-state index in [0.717, 1.165) is 27.6 Å². The van der Waals surface area contributed by atoms with Gasteiger partial charge in [0.25, 0.3) is 0 Å². The van der Waals surface area contributed by atoms with Crippen molar-refractivity contribution in [3.63, 3.8) is 0 Å².